The van der Waals surface area contributed by atoms with Crippen LogP contribution in [0.1, 0.15) is 12.5 Å². The van der Waals surface area contributed by atoms with Crippen LogP contribution < -0.4 is 0 Å². The maximum atomic E-state index is 11.8. The third-order valence-corrected chi connectivity index (χ3v) is 2.94. The van der Waals surface area contributed by atoms with Gasteiger partial charge >= 0.3 is 0 Å². The zero-order valence-corrected chi connectivity index (χ0v) is 10.8. The van der Waals surface area contributed by atoms with Crippen LogP contribution in [-0.2, 0) is 16.1 Å². The first-order chi connectivity index (χ1) is 8.72. The molecule has 4 heteroatoms. The van der Waals surface area contributed by atoms with Gasteiger partial charge in [-0.25, -0.2) is 0 Å². The quantitative estimate of drug-likeness (QED) is 0.878. The minimum absolute atomic E-state index is 0.000379. The molecule has 0 aliphatic rings. The number of carbonyl (C=O) groups excluding carboxylic acids is 1. The summed E-state index contributed by atoms with van der Waals surface area (Å²) in [6.07, 6.45) is 1.91. The lowest BCUT2D eigenvalue weighted by Gasteiger charge is -2.17. The average Bonchev–Trinajstić information content (AvgIpc) is 2.85. The molecule has 0 saturated carbocycles. The van der Waals surface area contributed by atoms with Crippen LogP contribution in [0.25, 0.3) is 10.9 Å². The highest BCUT2D eigenvalue weighted by Gasteiger charge is 2.11. The molecule has 0 unspecified atom stereocenters. The van der Waals surface area contributed by atoms with Crippen LogP contribution in [0.5, 0.6) is 0 Å². The SMILES string of the molecule is CCOCC(=O)N(C)Cc1cccc2cc[nH]c12. The van der Waals surface area contributed by atoms with Gasteiger partial charge in [0.05, 0.1) is 5.52 Å². The Balaban J connectivity index is 2.09. The number of fused-ring (bicyclic) bond motifs is 1. The lowest BCUT2D eigenvalue weighted by atomic mass is 10.1. The molecule has 1 N–H and O–H groups in total. The molecule has 0 aliphatic carbocycles. The Morgan fingerprint density at radius 3 is 3.00 bits per heavy atom. The maximum Gasteiger partial charge on any atom is 0.248 e. The van der Waals surface area contributed by atoms with Gasteiger partial charge in [0.15, 0.2) is 0 Å². The van der Waals surface area contributed by atoms with E-state index in [1.54, 1.807) is 11.9 Å². The van der Waals surface area contributed by atoms with Gasteiger partial charge in [-0.2, -0.15) is 0 Å². The summed E-state index contributed by atoms with van der Waals surface area (Å²) < 4.78 is 5.13. The van der Waals surface area contributed by atoms with E-state index in [2.05, 4.69) is 11.1 Å². The Labute approximate surface area is 107 Å². The number of aromatic amines is 1. The normalized spacial score (nSPS) is 10.8. The Hall–Kier alpha value is -1.81. The van der Waals surface area contributed by atoms with Crippen molar-refractivity contribution in [1.82, 2.24) is 9.88 Å². The Morgan fingerprint density at radius 1 is 1.39 bits per heavy atom. The van der Waals surface area contributed by atoms with E-state index in [1.807, 2.05) is 31.3 Å². The van der Waals surface area contributed by atoms with E-state index in [9.17, 15) is 4.79 Å². The Kier molecular flexibility index (Phi) is 3.99. The number of likely N-dealkylation sites (N-methyl/N-ethyl adjacent to an activating group) is 1. The van der Waals surface area contributed by atoms with Crippen molar-refractivity contribution in [2.24, 2.45) is 0 Å². The largest absolute Gasteiger partial charge is 0.372 e. The number of nitrogens with zero attached hydrogens (tertiary/aromatic N) is 1. The molecule has 0 atom stereocenters. The van der Waals surface area contributed by atoms with Gasteiger partial charge in [0.1, 0.15) is 6.61 Å². The van der Waals surface area contributed by atoms with Crippen molar-refractivity contribution in [1.29, 1.82) is 0 Å². The van der Waals surface area contributed by atoms with E-state index in [4.69, 9.17) is 4.74 Å². The minimum atomic E-state index is 0.000379. The first-order valence-electron chi connectivity index (χ1n) is 6.09. The number of H-pyrrole nitrogens is 1. The number of amides is 1. The number of hydrogen-bond acceptors (Lipinski definition) is 2. The van der Waals surface area contributed by atoms with E-state index < -0.39 is 0 Å². The standard InChI is InChI=1S/C14H18N2O2/c1-3-18-10-13(17)16(2)9-12-6-4-5-11-7-8-15-14(11)12/h4-8,15H,3,9-10H2,1-2H3. The summed E-state index contributed by atoms with van der Waals surface area (Å²) in [5.74, 6) is 0.000379. The third kappa shape index (κ3) is 2.71. The second-order valence-electron chi connectivity index (χ2n) is 4.25. The summed E-state index contributed by atoms with van der Waals surface area (Å²) in [5, 5.41) is 1.16. The maximum absolute atomic E-state index is 11.8. The van der Waals surface area contributed by atoms with Crippen molar-refractivity contribution >= 4 is 16.8 Å². The molecule has 0 fully saturated rings. The second-order valence-corrected chi connectivity index (χ2v) is 4.25. The molecule has 0 bridgehead atoms. The second kappa shape index (κ2) is 5.69. The predicted molar refractivity (Wildman–Crippen MR) is 71.3 cm³/mol. The molecule has 0 radical (unpaired) electrons. The summed E-state index contributed by atoms with van der Waals surface area (Å²) in [6.45, 7) is 3.18. The fourth-order valence-electron chi connectivity index (χ4n) is 1.92. The summed E-state index contributed by atoms with van der Waals surface area (Å²) in [7, 11) is 1.79. The third-order valence-electron chi connectivity index (χ3n) is 2.94. The predicted octanol–water partition coefficient (Wildman–Crippen LogP) is 2.16. The summed E-state index contributed by atoms with van der Waals surface area (Å²) in [5.41, 5.74) is 2.21. The van der Waals surface area contributed by atoms with Gasteiger partial charge in [0.2, 0.25) is 5.91 Å². The average molecular weight is 246 g/mol. The highest BCUT2D eigenvalue weighted by atomic mass is 16.5. The van der Waals surface area contributed by atoms with Crippen molar-refractivity contribution in [2.45, 2.75) is 13.5 Å². The van der Waals surface area contributed by atoms with E-state index in [1.165, 1.54) is 0 Å². The zero-order valence-electron chi connectivity index (χ0n) is 10.8. The molecule has 1 heterocycles. The van der Waals surface area contributed by atoms with Crippen molar-refractivity contribution in [3.05, 3.63) is 36.0 Å². The smallest absolute Gasteiger partial charge is 0.248 e. The monoisotopic (exact) mass is 246 g/mol. The summed E-state index contributed by atoms with van der Waals surface area (Å²) in [6, 6.07) is 8.12. The summed E-state index contributed by atoms with van der Waals surface area (Å²) in [4.78, 5) is 16.7. The van der Waals surface area contributed by atoms with Gasteiger partial charge in [-0.1, -0.05) is 18.2 Å². The first kappa shape index (κ1) is 12.6. The Morgan fingerprint density at radius 2 is 2.22 bits per heavy atom. The Bertz CT molecular complexity index is 533. The van der Waals surface area contributed by atoms with Gasteiger partial charge < -0.3 is 14.6 Å². The van der Waals surface area contributed by atoms with Crippen LogP contribution >= 0.6 is 0 Å². The van der Waals surface area contributed by atoms with Gasteiger partial charge in [-0.15, -0.1) is 0 Å². The number of aromatic nitrogens is 1. The molecule has 1 amide bonds. The van der Waals surface area contributed by atoms with Crippen LogP contribution in [0.3, 0.4) is 0 Å². The molecule has 0 saturated heterocycles. The molecular weight excluding hydrogens is 228 g/mol. The van der Waals surface area contributed by atoms with Crippen molar-refractivity contribution < 1.29 is 9.53 Å². The van der Waals surface area contributed by atoms with Gasteiger partial charge in [-0.3, -0.25) is 4.79 Å². The lowest BCUT2D eigenvalue weighted by Crippen LogP contribution is -2.29. The van der Waals surface area contributed by atoms with Crippen molar-refractivity contribution in [3.8, 4) is 0 Å². The number of para-hydroxylation sites is 1. The number of benzene rings is 1. The molecule has 4 nitrogen and oxygen atoms in total. The fraction of sp³-hybridized carbons (Fsp3) is 0.357. The molecule has 18 heavy (non-hydrogen) atoms. The van der Waals surface area contributed by atoms with E-state index in [0.717, 1.165) is 16.5 Å². The van der Waals surface area contributed by atoms with E-state index in [-0.39, 0.29) is 12.5 Å². The van der Waals surface area contributed by atoms with Crippen LogP contribution in [-0.4, -0.2) is 36.1 Å². The first-order valence-corrected chi connectivity index (χ1v) is 6.09. The van der Waals surface area contributed by atoms with Crippen LogP contribution in [0, 0.1) is 0 Å². The molecule has 2 aromatic rings. The highest BCUT2D eigenvalue weighted by molar-refractivity contribution is 5.83. The highest BCUT2D eigenvalue weighted by Crippen LogP contribution is 2.18. The zero-order chi connectivity index (χ0) is 13.0. The summed E-state index contributed by atoms with van der Waals surface area (Å²) >= 11 is 0. The van der Waals surface area contributed by atoms with Gasteiger partial charge in [0.25, 0.3) is 0 Å². The number of ether oxygens (including phenoxy) is 1. The molecule has 1 aromatic heterocycles. The number of nitrogens with one attached hydrogen (secondary N) is 1. The molecule has 0 aliphatic heterocycles. The number of rotatable bonds is 5. The molecule has 0 spiro atoms. The lowest BCUT2D eigenvalue weighted by molar-refractivity contribution is -0.135. The van der Waals surface area contributed by atoms with Crippen molar-refractivity contribution in [2.75, 3.05) is 20.3 Å². The van der Waals surface area contributed by atoms with Crippen LogP contribution in [0.15, 0.2) is 30.5 Å². The molecule has 1 aromatic carbocycles. The number of hydrogen-bond donors (Lipinski definition) is 1. The molecular formula is C14H18N2O2. The van der Waals surface area contributed by atoms with E-state index in [0.29, 0.717) is 13.2 Å². The van der Waals surface area contributed by atoms with E-state index >= 15 is 0 Å². The van der Waals surface area contributed by atoms with Crippen LogP contribution in [0.4, 0.5) is 0 Å². The van der Waals surface area contributed by atoms with Gasteiger partial charge in [-0.05, 0) is 23.9 Å². The van der Waals surface area contributed by atoms with Crippen LogP contribution in [0.2, 0.25) is 0 Å². The fourth-order valence-corrected chi connectivity index (χ4v) is 1.92. The number of carbonyl (C=O) groups is 1. The molecule has 96 valence electrons. The molecule has 2 rings (SSSR count). The minimum Gasteiger partial charge on any atom is -0.372 e. The van der Waals surface area contributed by atoms with Gasteiger partial charge in [0, 0.05) is 26.4 Å². The van der Waals surface area contributed by atoms with Crippen molar-refractivity contribution in [3.63, 3.8) is 0 Å². The topological polar surface area (TPSA) is 45.3 Å².